The highest BCUT2D eigenvalue weighted by atomic mass is 35.5. The molecule has 5 aromatic rings. The summed E-state index contributed by atoms with van der Waals surface area (Å²) in [5.41, 5.74) is 5.22. The van der Waals surface area contributed by atoms with Crippen LogP contribution in [0.2, 0.25) is 5.02 Å². The summed E-state index contributed by atoms with van der Waals surface area (Å²) in [7, 11) is 0. The first-order valence-corrected chi connectivity index (χ1v) is 12.7. The van der Waals surface area contributed by atoms with Crippen molar-refractivity contribution < 1.29 is 13.6 Å². The van der Waals surface area contributed by atoms with Crippen molar-refractivity contribution in [2.45, 2.75) is 26.2 Å². The number of carbonyl (C=O) groups is 1. The zero-order valence-corrected chi connectivity index (χ0v) is 21.8. The van der Waals surface area contributed by atoms with Crippen LogP contribution in [0.5, 0.6) is 0 Å². The van der Waals surface area contributed by atoms with Crippen LogP contribution < -0.4 is 10.6 Å². The lowest BCUT2D eigenvalue weighted by Gasteiger charge is -2.09. The fourth-order valence-corrected chi connectivity index (χ4v) is 4.20. The van der Waals surface area contributed by atoms with Gasteiger partial charge < -0.3 is 14.2 Å². The molecule has 0 fully saturated rings. The third kappa shape index (κ3) is 5.58. The number of nitrogens with one attached hydrogen (secondary N) is 2. The van der Waals surface area contributed by atoms with Crippen LogP contribution in [0.25, 0.3) is 33.9 Å². The zero-order chi connectivity index (χ0) is 25.9. The van der Waals surface area contributed by atoms with Crippen LogP contribution in [0.3, 0.4) is 0 Å². The molecule has 0 spiro atoms. The Labute approximate surface area is 224 Å². The number of amides is 1. The maximum absolute atomic E-state index is 12.6. The van der Waals surface area contributed by atoms with E-state index in [0.29, 0.717) is 28.3 Å². The Bertz CT molecular complexity index is 1570. The molecule has 6 nitrogen and oxygen atoms in total. The minimum Gasteiger partial charge on any atom is -0.451 e. The number of carbonyl (C=O) groups excluding carboxylic acids is 1. The first-order valence-electron chi connectivity index (χ1n) is 11.9. The van der Waals surface area contributed by atoms with Gasteiger partial charge in [0.1, 0.15) is 11.3 Å². The first kappa shape index (κ1) is 24.7. The molecule has 186 valence electrons. The third-order valence-corrected chi connectivity index (χ3v) is 6.62. The predicted octanol–water partition coefficient (Wildman–Crippen LogP) is 8.05. The summed E-state index contributed by atoms with van der Waals surface area (Å²) in [5.74, 6) is 1.28. The average Bonchev–Trinajstić information content (AvgIpc) is 3.56. The van der Waals surface area contributed by atoms with Gasteiger partial charge in [-0.15, -0.1) is 0 Å². The second kappa shape index (κ2) is 10.6. The number of halogens is 1. The summed E-state index contributed by atoms with van der Waals surface area (Å²) in [4.78, 5) is 17.2. The molecule has 2 N–H and O–H groups in total. The highest BCUT2D eigenvalue weighted by Crippen LogP contribution is 2.29. The molecule has 37 heavy (non-hydrogen) atoms. The van der Waals surface area contributed by atoms with Crippen molar-refractivity contribution >= 4 is 51.6 Å². The van der Waals surface area contributed by atoms with Crippen LogP contribution in [0.15, 0.2) is 87.7 Å². The molecule has 1 amide bonds. The smallest absolute Gasteiger partial charge is 0.293 e. The fourth-order valence-electron chi connectivity index (χ4n) is 3.86. The highest BCUT2D eigenvalue weighted by Gasteiger charge is 2.15. The van der Waals surface area contributed by atoms with E-state index < -0.39 is 5.91 Å². The van der Waals surface area contributed by atoms with Crippen molar-refractivity contribution in [2.24, 2.45) is 0 Å². The van der Waals surface area contributed by atoms with Crippen LogP contribution >= 0.6 is 23.8 Å². The van der Waals surface area contributed by atoms with Gasteiger partial charge in [-0.2, -0.15) is 0 Å². The van der Waals surface area contributed by atoms with Gasteiger partial charge in [0.15, 0.2) is 16.5 Å². The van der Waals surface area contributed by atoms with Gasteiger partial charge in [-0.1, -0.05) is 31.5 Å². The van der Waals surface area contributed by atoms with E-state index in [1.165, 1.54) is 5.56 Å². The maximum atomic E-state index is 12.6. The first-order chi connectivity index (χ1) is 17.9. The number of hydrogen-bond donors (Lipinski definition) is 2. The summed E-state index contributed by atoms with van der Waals surface area (Å²) < 4.78 is 11.6. The Balaban J connectivity index is 1.22. The lowest BCUT2D eigenvalue weighted by atomic mass is 9.98. The number of nitrogens with zero attached hydrogens (tertiary/aromatic N) is 1. The molecule has 0 bridgehead atoms. The molecule has 0 aliphatic carbocycles. The molecule has 1 atom stereocenters. The molecule has 2 heterocycles. The SMILES string of the molecule is CC[C@@H](C)c1ccc2oc(-c3ccc(NC(=S)NC(=O)c4ccc(-c5ccc(Cl)cc5)o4)cc3)nc2c1. The van der Waals surface area contributed by atoms with Crippen molar-refractivity contribution in [3.63, 3.8) is 0 Å². The van der Waals surface area contributed by atoms with E-state index in [0.717, 1.165) is 28.6 Å². The highest BCUT2D eigenvalue weighted by molar-refractivity contribution is 7.80. The van der Waals surface area contributed by atoms with E-state index in [9.17, 15) is 4.79 Å². The standard InChI is InChI=1S/C29H24ClN3O3S/c1-3-17(2)20-8-13-25-23(16-20)32-28(36-25)19-6-11-22(12-7-19)31-29(37)33-27(34)26-15-14-24(35-26)18-4-9-21(30)10-5-18/h4-17H,3H2,1-2H3,(H2,31,33,34,37)/t17-/m1/s1. The topological polar surface area (TPSA) is 80.3 Å². The number of anilines is 1. The lowest BCUT2D eigenvalue weighted by Crippen LogP contribution is -2.33. The summed E-state index contributed by atoms with van der Waals surface area (Å²) >= 11 is 11.2. The quantitative estimate of drug-likeness (QED) is 0.217. The molecule has 5 rings (SSSR count). The number of rotatable bonds is 6. The van der Waals surface area contributed by atoms with Gasteiger partial charge in [0, 0.05) is 21.8 Å². The molecule has 0 aliphatic rings. The number of thiocarbonyl (C=S) groups is 1. The van der Waals surface area contributed by atoms with Crippen LogP contribution in [0.4, 0.5) is 5.69 Å². The molecule has 0 aliphatic heterocycles. The predicted molar refractivity (Wildman–Crippen MR) is 151 cm³/mol. The average molecular weight is 530 g/mol. The van der Waals surface area contributed by atoms with Gasteiger partial charge in [-0.3, -0.25) is 10.1 Å². The number of hydrogen-bond acceptors (Lipinski definition) is 5. The molecular formula is C29H24ClN3O3S. The molecule has 2 aromatic heterocycles. The largest absolute Gasteiger partial charge is 0.451 e. The second-order valence-electron chi connectivity index (χ2n) is 8.71. The van der Waals surface area contributed by atoms with Crippen LogP contribution in [-0.2, 0) is 0 Å². The molecule has 0 saturated heterocycles. The Morgan fingerprint density at radius 2 is 1.70 bits per heavy atom. The Morgan fingerprint density at radius 1 is 0.973 bits per heavy atom. The third-order valence-electron chi connectivity index (χ3n) is 6.17. The number of aromatic nitrogens is 1. The zero-order valence-electron chi connectivity index (χ0n) is 20.2. The van der Waals surface area contributed by atoms with E-state index in [1.807, 2.05) is 42.5 Å². The van der Waals surface area contributed by atoms with E-state index in [4.69, 9.17) is 32.7 Å². The number of benzene rings is 3. The Kier molecular flexibility index (Phi) is 7.08. The molecular weight excluding hydrogens is 506 g/mol. The minimum atomic E-state index is -0.447. The molecule has 0 radical (unpaired) electrons. The Morgan fingerprint density at radius 3 is 2.43 bits per heavy atom. The number of fused-ring (bicyclic) bond motifs is 1. The Hall–Kier alpha value is -3.94. The second-order valence-corrected chi connectivity index (χ2v) is 9.56. The summed E-state index contributed by atoms with van der Waals surface area (Å²) in [6.07, 6.45) is 1.07. The van der Waals surface area contributed by atoms with Gasteiger partial charge in [0.25, 0.3) is 5.91 Å². The lowest BCUT2D eigenvalue weighted by molar-refractivity contribution is 0.0951. The van der Waals surface area contributed by atoms with Crippen LogP contribution in [0, 0.1) is 0 Å². The van der Waals surface area contributed by atoms with Gasteiger partial charge in [0.05, 0.1) is 0 Å². The minimum absolute atomic E-state index is 0.150. The van der Waals surface area contributed by atoms with E-state index in [1.54, 1.807) is 24.3 Å². The van der Waals surface area contributed by atoms with Gasteiger partial charge in [-0.05, 0) is 103 Å². The number of oxazole rings is 1. The van der Waals surface area contributed by atoms with Crippen molar-refractivity contribution in [2.75, 3.05) is 5.32 Å². The summed E-state index contributed by atoms with van der Waals surface area (Å²) in [5, 5.41) is 6.43. The van der Waals surface area contributed by atoms with Crippen molar-refractivity contribution in [1.82, 2.24) is 10.3 Å². The molecule has 0 saturated carbocycles. The maximum Gasteiger partial charge on any atom is 0.293 e. The van der Waals surface area contributed by atoms with E-state index in [-0.39, 0.29) is 10.9 Å². The van der Waals surface area contributed by atoms with Crippen molar-refractivity contribution in [1.29, 1.82) is 0 Å². The van der Waals surface area contributed by atoms with Gasteiger partial charge >= 0.3 is 0 Å². The molecule has 8 heteroatoms. The van der Waals surface area contributed by atoms with Gasteiger partial charge in [0.2, 0.25) is 5.89 Å². The molecule has 3 aromatic carbocycles. The number of furan rings is 1. The summed E-state index contributed by atoms with van der Waals surface area (Å²) in [6.45, 7) is 4.37. The van der Waals surface area contributed by atoms with Crippen molar-refractivity contribution in [3.8, 4) is 22.8 Å². The van der Waals surface area contributed by atoms with Crippen LogP contribution in [0.1, 0.15) is 42.3 Å². The van der Waals surface area contributed by atoms with Gasteiger partial charge in [-0.25, -0.2) is 4.98 Å². The normalized spacial score (nSPS) is 11.9. The summed E-state index contributed by atoms with van der Waals surface area (Å²) in [6, 6.07) is 24.1. The van der Waals surface area contributed by atoms with E-state index in [2.05, 4.69) is 41.6 Å². The monoisotopic (exact) mass is 529 g/mol. The van der Waals surface area contributed by atoms with Crippen molar-refractivity contribution in [3.05, 3.63) is 95.2 Å². The van der Waals surface area contributed by atoms with E-state index >= 15 is 0 Å². The fraction of sp³-hybridized carbons (Fsp3) is 0.138. The van der Waals surface area contributed by atoms with Crippen LogP contribution in [-0.4, -0.2) is 16.0 Å². The molecule has 0 unspecified atom stereocenters.